The Balaban J connectivity index is 0.00000341. The van der Waals surface area contributed by atoms with Crippen LogP contribution in [0.5, 0.6) is 5.75 Å². The molecule has 0 aliphatic heterocycles. The van der Waals surface area contributed by atoms with Crippen molar-refractivity contribution in [3.8, 4) is 5.75 Å². The van der Waals surface area contributed by atoms with Crippen LogP contribution in [-0.2, 0) is 10.2 Å². The lowest BCUT2D eigenvalue weighted by Crippen LogP contribution is -2.39. The molecule has 1 fully saturated rings. The van der Waals surface area contributed by atoms with Gasteiger partial charge < -0.3 is 20.7 Å². The van der Waals surface area contributed by atoms with E-state index in [4.69, 9.17) is 9.73 Å². The first-order valence-corrected chi connectivity index (χ1v) is 10.3. The number of halogens is 2. The third kappa shape index (κ3) is 7.68. The van der Waals surface area contributed by atoms with Gasteiger partial charge in [0.1, 0.15) is 18.2 Å². The van der Waals surface area contributed by atoms with Gasteiger partial charge in [-0.15, -0.1) is 24.0 Å². The molecule has 0 saturated heterocycles. The summed E-state index contributed by atoms with van der Waals surface area (Å²) < 4.78 is 19.3. The Morgan fingerprint density at radius 2 is 1.94 bits per heavy atom. The van der Waals surface area contributed by atoms with E-state index in [1.165, 1.54) is 13.0 Å². The highest BCUT2D eigenvalue weighted by molar-refractivity contribution is 14.0. The number of carbonyl (C=O) groups excluding carboxylic acids is 1. The zero-order chi connectivity index (χ0) is 21.4. The highest BCUT2D eigenvalue weighted by atomic mass is 127. The third-order valence-corrected chi connectivity index (χ3v) is 4.99. The Morgan fingerprint density at radius 3 is 2.61 bits per heavy atom. The molecule has 31 heavy (non-hydrogen) atoms. The maximum Gasteiger partial charge on any atom is 0.221 e. The molecule has 1 saturated carbocycles. The second-order valence-corrected chi connectivity index (χ2v) is 7.47. The van der Waals surface area contributed by atoms with Crippen LogP contribution < -0.4 is 20.7 Å². The number of hydrogen-bond donors (Lipinski definition) is 3. The van der Waals surface area contributed by atoms with Gasteiger partial charge in [0.05, 0.1) is 13.1 Å². The van der Waals surface area contributed by atoms with Gasteiger partial charge in [0.2, 0.25) is 5.91 Å². The van der Waals surface area contributed by atoms with Crippen molar-refractivity contribution >= 4 is 41.5 Å². The van der Waals surface area contributed by atoms with Gasteiger partial charge in [-0.3, -0.25) is 9.79 Å². The lowest BCUT2D eigenvalue weighted by molar-refractivity contribution is -0.114. The van der Waals surface area contributed by atoms with Gasteiger partial charge in [0.25, 0.3) is 0 Å². The lowest BCUT2D eigenvalue weighted by atomic mass is 9.96. The van der Waals surface area contributed by atoms with Crippen molar-refractivity contribution in [3.63, 3.8) is 0 Å². The molecular formula is C23H30FIN4O2. The number of anilines is 1. The number of rotatable bonds is 9. The third-order valence-electron chi connectivity index (χ3n) is 4.99. The number of aliphatic imine (C=N–C) groups is 1. The second-order valence-electron chi connectivity index (χ2n) is 7.47. The predicted molar refractivity (Wildman–Crippen MR) is 133 cm³/mol. The van der Waals surface area contributed by atoms with Gasteiger partial charge in [-0.05, 0) is 49.6 Å². The molecule has 2 aromatic rings. The molecule has 3 N–H and O–H groups in total. The highest BCUT2D eigenvalue weighted by Gasteiger charge is 2.44. The molecule has 0 atom stereocenters. The van der Waals surface area contributed by atoms with E-state index in [0.717, 1.165) is 30.9 Å². The van der Waals surface area contributed by atoms with Crippen molar-refractivity contribution in [3.05, 3.63) is 59.9 Å². The van der Waals surface area contributed by atoms with Crippen LogP contribution in [0.1, 0.15) is 32.3 Å². The first-order valence-electron chi connectivity index (χ1n) is 10.3. The van der Waals surface area contributed by atoms with Crippen molar-refractivity contribution in [2.75, 3.05) is 31.6 Å². The van der Waals surface area contributed by atoms with Gasteiger partial charge in [-0.1, -0.05) is 18.2 Å². The van der Waals surface area contributed by atoms with Gasteiger partial charge in [-0.2, -0.15) is 0 Å². The van der Waals surface area contributed by atoms with E-state index in [0.29, 0.717) is 31.1 Å². The number of amides is 1. The summed E-state index contributed by atoms with van der Waals surface area (Å²) in [5, 5.41) is 9.25. The maximum atomic E-state index is 13.6. The monoisotopic (exact) mass is 540 g/mol. The molecule has 0 aromatic heterocycles. The Bertz CT molecular complexity index is 903. The molecule has 2 aromatic carbocycles. The van der Waals surface area contributed by atoms with E-state index in [1.54, 1.807) is 18.2 Å². The Labute approximate surface area is 200 Å². The number of guanidine groups is 1. The van der Waals surface area contributed by atoms with Crippen LogP contribution in [0.3, 0.4) is 0 Å². The zero-order valence-electron chi connectivity index (χ0n) is 17.9. The van der Waals surface area contributed by atoms with Gasteiger partial charge >= 0.3 is 0 Å². The summed E-state index contributed by atoms with van der Waals surface area (Å²) in [6, 6.07) is 14.1. The zero-order valence-corrected chi connectivity index (χ0v) is 20.2. The summed E-state index contributed by atoms with van der Waals surface area (Å²) in [4.78, 5) is 15.9. The smallest absolute Gasteiger partial charge is 0.221 e. The molecule has 168 valence electrons. The fraction of sp³-hybridized carbons (Fsp3) is 0.391. The van der Waals surface area contributed by atoms with Crippen LogP contribution in [0.4, 0.5) is 10.1 Å². The van der Waals surface area contributed by atoms with E-state index in [1.807, 2.05) is 31.2 Å². The normalized spacial score (nSPS) is 14.2. The van der Waals surface area contributed by atoms with Crippen molar-refractivity contribution in [1.82, 2.24) is 10.6 Å². The molecular weight excluding hydrogens is 510 g/mol. The summed E-state index contributed by atoms with van der Waals surface area (Å²) >= 11 is 0. The number of ether oxygens (including phenoxy) is 1. The van der Waals surface area contributed by atoms with Crippen LogP contribution in [0.15, 0.2) is 53.5 Å². The minimum Gasteiger partial charge on any atom is -0.492 e. The summed E-state index contributed by atoms with van der Waals surface area (Å²) in [5.74, 6) is 1.09. The quantitative estimate of drug-likeness (QED) is 0.194. The maximum absolute atomic E-state index is 13.6. The van der Waals surface area contributed by atoms with Crippen molar-refractivity contribution in [2.45, 2.75) is 32.1 Å². The average molecular weight is 540 g/mol. The van der Waals surface area contributed by atoms with E-state index >= 15 is 0 Å². The van der Waals surface area contributed by atoms with E-state index in [2.05, 4.69) is 16.0 Å². The fourth-order valence-electron chi connectivity index (χ4n) is 3.28. The molecule has 1 amide bonds. The molecule has 6 nitrogen and oxygen atoms in total. The van der Waals surface area contributed by atoms with Crippen molar-refractivity contribution in [1.29, 1.82) is 0 Å². The minimum atomic E-state index is -0.201. The Kier molecular flexibility index (Phi) is 9.54. The predicted octanol–water partition coefficient (Wildman–Crippen LogP) is 4.07. The highest BCUT2D eigenvalue weighted by Crippen LogP contribution is 2.48. The molecule has 0 heterocycles. The van der Waals surface area contributed by atoms with E-state index < -0.39 is 0 Å². The molecule has 0 unspecified atom stereocenters. The van der Waals surface area contributed by atoms with Crippen LogP contribution in [0.25, 0.3) is 0 Å². The first-order chi connectivity index (χ1) is 14.5. The molecule has 1 aliphatic rings. The molecule has 0 radical (unpaired) electrons. The molecule has 0 spiro atoms. The fourth-order valence-corrected chi connectivity index (χ4v) is 3.28. The average Bonchev–Trinajstić information content (AvgIpc) is 3.50. The Morgan fingerprint density at radius 1 is 1.16 bits per heavy atom. The molecule has 0 bridgehead atoms. The number of nitrogens with one attached hydrogen (secondary N) is 3. The first kappa shape index (κ1) is 24.9. The van der Waals surface area contributed by atoms with Crippen molar-refractivity contribution < 1.29 is 13.9 Å². The summed E-state index contributed by atoms with van der Waals surface area (Å²) in [5.41, 5.74) is 1.67. The summed E-state index contributed by atoms with van der Waals surface area (Å²) in [7, 11) is 0. The molecule has 8 heteroatoms. The minimum absolute atomic E-state index is 0. The number of nitrogens with zero attached hydrogens (tertiary/aromatic N) is 1. The van der Waals surface area contributed by atoms with Gasteiger partial charge in [0.15, 0.2) is 5.96 Å². The number of benzene rings is 2. The summed E-state index contributed by atoms with van der Waals surface area (Å²) in [6.45, 7) is 5.87. The van der Waals surface area contributed by atoms with Crippen LogP contribution in [0.2, 0.25) is 0 Å². The number of hydrogen-bond acceptors (Lipinski definition) is 3. The lowest BCUT2D eigenvalue weighted by Gasteiger charge is -2.16. The van der Waals surface area contributed by atoms with Crippen LogP contribution >= 0.6 is 24.0 Å². The van der Waals surface area contributed by atoms with Crippen LogP contribution in [0, 0.1) is 5.82 Å². The van der Waals surface area contributed by atoms with Gasteiger partial charge in [-0.25, -0.2) is 4.39 Å². The van der Waals surface area contributed by atoms with E-state index in [9.17, 15) is 9.18 Å². The SMILES string of the molecule is CCNC(=NCC1(c2cccc(F)c2)CC1)NCCOc1cccc(NC(C)=O)c1.I. The largest absolute Gasteiger partial charge is 0.492 e. The standard InChI is InChI=1S/C23H29FN4O2.HI/c1-3-25-22(27-16-23(10-11-23)18-6-4-7-19(24)14-18)26-12-13-30-21-9-5-8-20(15-21)28-17(2)29;/h4-9,14-15H,3,10-13,16H2,1-2H3,(H,28,29)(H2,25,26,27);1H. The van der Waals surface area contributed by atoms with Gasteiger partial charge in [0, 0.05) is 30.6 Å². The van der Waals surface area contributed by atoms with Crippen LogP contribution in [-0.4, -0.2) is 38.1 Å². The number of carbonyl (C=O) groups is 1. The Hall–Kier alpha value is -2.36. The summed E-state index contributed by atoms with van der Waals surface area (Å²) in [6.07, 6.45) is 2.04. The second kappa shape index (κ2) is 11.9. The van der Waals surface area contributed by atoms with E-state index in [-0.39, 0.29) is 41.1 Å². The molecule has 3 rings (SSSR count). The topological polar surface area (TPSA) is 74.8 Å². The van der Waals surface area contributed by atoms with Crippen molar-refractivity contribution in [2.24, 2.45) is 4.99 Å². The molecule has 1 aliphatic carbocycles.